The van der Waals surface area contributed by atoms with Crippen LogP contribution in [0.5, 0.6) is 0 Å². The number of halogens is 1. The van der Waals surface area contributed by atoms with Crippen LogP contribution in [0.4, 0.5) is 0 Å². The van der Waals surface area contributed by atoms with Gasteiger partial charge in [0.25, 0.3) is 0 Å². The fourth-order valence-electron chi connectivity index (χ4n) is 2.19. The largest absolute Gasteiger partial charge is 0.391 e. The van der Waals surface area contributed by atoms with Crippen LogP contribution in [0.25, 0.3) is 0 Å². The van der Waals surface area contributed by atoms with E-state index >= 15 is 0 Å². The maximum absolute atomic E-state index is 9.36. The zero-order valence-corrected chi connectivity index (χ0v) is 6.01. The first-order valence-electron chi connectivity index (χ1n) is 3.61. The van der Waals surface area contributed by atoms with Gasteiger partial charge in [-0.05, 0) is 31.1 Å². The summed E-state index contributed by atoms with van der Waals surface area (Å²) in [6, 6.07) is 0. The van der Waals surface area contributed by atoms with Crippen LogP contribution in [0.15, 0.2) is 0 Å². The highest BCUT2D eigenvalue weighted by molar-refractivity contribution is 6.21. The minimum atomic E-state index is -0.189. The minimum Gasteiger partial charge on any atom is -0.391 e. The molecule has 0 aromatic rings. The smallest absolute Gasteiger partial charge is 0.0734 e. The van der Waals surface area contributed by atoms with E-state index in [-0.39, 0.29) is 11.5 Å². The number of hydrogen-bond acceptors (Lipinski definition) is 1. The van der Waals surface area contributed by atoms with Crippen LogP contribution in [-0.4, -0.2) is 16.6 Å². The van der Waals surface area contributed by atoms with Crippen LogP contribution >= 0.6 is 11.6 Å². The molecule has 0 unspecified atom stereocenters. The number of alkyl halides is 1. The summed E-state index contributed by atoms with van der Waals surface area (Å²) in [4.78, 5) is 0. The molecule has 2 saturated carbocycles. The van der Waals surface area contributed by atoms with Crippen molar-refractivity contribution in [3.05, 3.63) is 0 Å². The molecule has 0 saturated heterocycles. The lowest BCUT2D eigenvalue weighted by Crippen LogP contribution is -2.27. The molecule has 0 aliphatic heterocycles. The van der Waals surface area contributed by atoms with Gasteiger partial charge in [-0.15, -0.1) is 11.6 Å². The lowest BCUT2D eigenvalue weighted by atomic mass is 9.97. The molecule has 2 aliphatic rings. The standard InChI is InChI=1S/C7H11ClO/c8-6-4-1-2-5(3-4)7(6)9/h4-7,9H,1-3H2/t4-,5-,6+,7+/m0/s1. The van der Waals surface area contributed by atoms with E-state index < -0.39 is 0 Å². The molecule has 0 aromatic heterocycles. The van der Waals surface area contributed by atoms with Gasteiger partial charge in [0, 0.05) is 0 Å². The number of hydrogen-bond donors (Lipinski definition) is 1. The van der Waals surface area contributed by atoms with Crippen molar-refractivity contribution in [2.24, 2.45) is 11.8 Å². The topological polar surface area (TPSA) is 20.2 Å². The molecule has 9 heavy (non-hydrogen) atoms. The molecule has 1 nitrogen and oxygen atoms in total. The van der Waals surface area contributed by atoms with Gasteiger partial charge in [0.15, 0.2) is 0 Å². The molecule has 1 N–H and O–H groups in total. The first kappa shape index (κ1) is 5.99. The van der Waals surface area contributed by atoms with E-state index in [2.05, 4.69) is 0 Å². The second kappa shape index (κ2) is 1.86. The highest BCUT2D eigenvalue weighted by atomic mass is 35.5. The highest BCUT2D eigenvalue weighted by Crippen LogP contribution is 2.46. The summed E-state index contributed by atoms with van der Waals surface area (Å²) in [5.74, 6) is 1.17. The highest BCUT2D eigenvalue weighted by Gasteiger charge is 2.45. The van der Waals surface area contributed by atoms with Gasteiger partial charge in [0.2, 0.25) is 0 Å². The Kier molecular flexibility index (Phi) is 1.24. The van der Waals surface area contributed by atoms with E-state index in [0.29, 0.717) is 11.8 Å². The average Bonchev–Trinajstić information content (AvgIpc) is 2.37. The quantitative estimate of drug-likeness (QED) is 0.512. The van der Waals surface area contributed by atoms with Gasteiger partial charge >= 0.3 is 0 Å². The van der Waals surface area contributed by atoms with Crippen molar-refractivity contribution >= 4 is 11.6 Å². The number of aliphatic hydroxyl groups is 1. The summed E-state index contributed by atoms with van der Waals surface area (Å²) in [5.41, 5.74) is 0. The molecule has 0 radical (unpaired) electrons. The Bertz CT molecular complexity index is 108. The molecular formula is C7H11ClO. The summed E-state index contributed by atoms with van der Waals surface area (Å²) in [6.07, 6.45) is 3.44. The molecule has 2 fully saturated rings. The van der Waals surface area contributed by atoms with Crippen LogP contribution in [0.1, 0.15) is 19.3 Å². The number of rotatable bonds is 0. The van der Waals surface area contributed by atoms with Crippen molar-refractivity contribution < 1.29 is 5.11 Å². The van der Waals surface area contributed by atoms with Crippen LogP contribution in [0.3, 0.4) is 0 Å². The normalized spacial score (nSPS) is 56.7. The van der Waals surface area contributed by atoms with Gasteiger partial charge in [0.05, 0.1) is 11.5 Å². The van der Waals surface area contributed by atoms with Gasteiger partial charge in [-0.1, -0.05) is 0 Å². The summed E-state index contributed by atoms with van der Waals surface area (Å²) in [6.45, 7) is 0. The second-order valence-corrected chi connectivity index (χ2v) is 3.77. The molecule has 0 aromatic carbocycles. The van der Waals surface area contributed by atoms with E-state index in [0.717, 1.165) is 0 Å². The monoisotopic (exact) mass is 146 g/mol. The van der Waals surface area contributed by atoms with E-state index in [1.54, 1.807) is 0 Å². The molecule has 52 valence electrons. The predicted octanol–water partition coefficient (Wildman–Crippen LogP) is 1.38. The average molecular weight is 147 g/mol. The molecule has 0 spiro atoms. The Balaban J connectivity index is 2.15. The van der Waals surface area contributed by atoms with E-state index in [1.807, 2.05) is 0 Å². The second-order valence-electron chi connectivity index (χ2n) is 3.27. The Labute approximate surface area is 60.0 Å². The zero-order chi connectivity index (χ0) is 6.43. The van der Waals surface area contributed by atoms with Gasteiger partial charge in [0.1, 0.15) is 0 Å². The van der Waals surface area contributed by atoms with Gasteiger partial charge in [-0.3, -0.25) is 0 Å². The lowest BCUT2D eigenvalue weighted by Gasteiger charge is -2.20. The van der Waals surface area contributed by atoms with Gasteiger partial charge in [-0.2, -0.15) is 0 Å². The molecule has 4 atom stereocenters. The molecular weight excluding hydrogens is 136 g/mol. The summed E-state index contributed by atoms with van der Waals surface area (Å²) in [7, 11) is 0. The van der Waals surface area contributed by atoms with Crippen molar-refractivity contribution in [2.45, 2.75) is 30.7 Å². The zero-order valence-electron chi connectivity index (χ0n) is 5.26. The van der Waals surface area contributed by atoms with Gasteiger partial charge in [-0.25, -0.2) is 0 Å². The van der Waals surface area contributed by atoms with E-state index in [1.165, 1.54) is 19.3 Å². The molecule has 2 heteroatoms. The fourth-order valence-corrected chi connectivity index (χ4v) is 2.63. The van der Waals surface area contributed by atoms with Crippen LogP contribution in [0.2, 0.25) is 0 Å². The number of aliphatic hydroxyl groups excluding tert-OH is 1. The third-order valence-electron chi connectivity index (χ3n) is 2.77. The van der Waals surface area contributed by atoms with Crippen molar-refractivity contribution in [3.63, 3.8) is 0 Å². The Morgan fingerprint density at radius 2 is 1.89 bits per heavy atom. The summed E-state index contributed by atoms with van der Waals surface area (Å²) in [5, 5.41) is 9.43. The minimum absolute atomic E-state index is 0.0729. The number of fused-ring (bicyclic) bond motifs is 2. The van der Waals surface area contributed by atoms with Crippen molar-refractivity contribution in [2.75, 3.05) is 0 Å². The maximum Gasteiger partial charge on any atom is 0.0734 e. The first-order chi connectivity index (χ1) is 4.29. The third-order valence-corrected chi connectivity index (χ3v) is 3.39. The van der Waals surface area contributed by atoms with Crippen molar-refractivity contribution in [1.29, 1.82) is 0 Å². The molecule has 2 rings (SSSR count). The van der Waals surface area contributed by atoms with Crippen molar-refractivity contribution in [1.82, 2.24) is 0 Å². The maximum atomic E-state index is 9.36. The molecule has 2 bridgehead atoms. The first-order valence-corrected chi connectivity index (χ1v) is 4.05. The van der Waals surface area contributed by atoms with Crippen LogP contribution in [-0.2, 0) is 0 Å². The summed E-state index contributed by atoms with van der Waals surface area (Å²) < 4.78 is 0. The van der Waals surface area contributed by atoms with E-state index in [4.69, 9.17) is 11.6 Å². The molecule has 2 aliphatic carbocycles. The Morgan fingerprint density at radius 3 is 2.22 bits per heavy atom. The lowest BCUT2D eigenvalue weighted by molar-refractivity contribution is 0.117. The SMILES string of the molecule is O[C@@H]1[C@H]2CC[C@@H](C2)[C@H]1Cl. The van der Waals surface area contributed by atoms with Crippen LogP contribution < -0.4 is 0 Å². The fraction of sp³-hybridized carbons (Fsp3) is 1.00. The molecule has 0 heterocycles. The summed E-state index contributed by atoms with van der Waals surface area (Å²) >= 11 is 5.91. The van der Waals surface area contributed by atoms with E-state index in [9.17, 15) is 5.11 Å². The predicted molar refractivity (Wildman–Crippen MR) is 36.5 cm³/mol. The van der Waals surface area contributed by atoms with Gasteiger partial charge < -0.3 is 5.11 Å². The molecule has 0 amide bonds. The third kappa shape index (κ3) is 0.714. The van der Waals surface area contributed by atoms with Crippen LogP contribution in [0, 0.1) is 11.8 Å². The van der Waals surface area contributed by atoms with Crippen molar-refractivity contribution in [3.8, 4) is 0 Å². The Hall–Kier alpha value is 0.250. The Morgan fingerprint density at radius 1 is 1.22 bits per heavy atom.